The molecule has 0 radical (unpaired) electrons. The number of nitrogens with two attached hydrogens (primary N) is 1. The first kappa shape index (κ1) is 11.9. The normalized spacial score (nSPS) is 10.6. The summed E-state index contributed by atoms with van der Waals surface area (Å²) in [6, 6.07) is 14.0. The fourth-order valence-corrected chi connectivity index (χ4v) is 2.66. The minimum absolute atomic E-state index is 0.239. The molecule has 0 unspecified atom stereocenters. The van der Waals surface area contributed by atoms with Gasteiger partial charge in [0.05, 0.1) is 5.69 Å². The Morgan fingerprint density at radius 1 is 1.00 bits per heavy atom. The second-order valence-corrected chi connectivity index (χ2v) is 5.03. The fourth-order valence-electron chi connectivity index (χ4n) is 1.83. The van der Waals surface area contributed by atoms with E-state index in [0.717, 1.165) is 21.8 Å². The van der Waals surface area contributed by atoms with Gasteiger partial charge in [0, 0.05) is 22.2 Å². The number of thiazole rings is 1. The third-order valence-corrected chi connectivity index (χ3v) is 3.67. The Kier molecular flexibility index (Phi) is 3.01. The number of rotatable bonds is 2. The number of aromatic nitrogens is 1. The molecular formula is C15H11FN2S. The van der Waals surface area contributed by atoms with Gasteiger partial charge in [0.25, 0.3) is 0 Å². The summed E-state index contributed by atoms with van der Waals surface area (Å²) in [5, 5.41) is 2.85. The van der Waals surface area contributed by atoms with Crippen LogP contribution in [0.1, 0.15) is 0 Å². The second kappa shape index (κ2) is 4.82. The molecule has 0 atom stereocenters. The first-order valence-electron chi connectivity index (χ1n) is 5.80. The van der Waals surface area contributed by atoms with Crippen molar-refractivity contribution in [2.45, 2.75) is 0 Å². The molecule has 0 amide bonds. The lowest BCUT2D eigenvalue weighted by atomic mass is 10.1. The zero-order valence-corrected chi connectivity index (χ0v) is 10.8. The maximum Gasteiger partial charge on any atom is 0.124 e. The van der Waals surface area contributed by atoms with Crippen molar-refractivity contribution in [3.8, 4) is 21.8 Å². The highest BCUT2D eigenvalue weighted by molar-refractivity contribution is 7.13. The Bertz CT molecular complexity index is 704. The number of benzene rings is 2. The molecule has 3 aromatic rings. The average molecular weight is 270 g/mol. The van der Waals surface area contributed by atoms with Crippen molar-refractivity contribution in [3.05, 3.63) is 59.7 Å². The van der Waals surface area contributed by atoms with E-state index >= 15 is 0 Å². The van der Waals surface area contributed by atoms with E-state index in [1.807, 2.05) is 29.6 Å². The average Bonchev–Trinajstić information content (AvgIpc) is 2.89. The molecular weight excluding hydrogens is 259 g/mol. The zero-order chi connectivity index (χ0) is 13.2. The van der Waals surface area contributed by atoms with Crippen LogP contribution in [0.25, 0.3) is 21.8 Å². The molecule has 0 spiro atoms. The highest BCUT2D eigenvalue weighted by atomic mass is 32.1. The van der Waals surface area contributed by atoms with Crippen LogP contribution in [0, 0.1) is 5.82 Å². The van der Waals surface area contributed by atoms with Crippen LogP contribution in [0.2, 0.25) is 0 Å². The Hall–Kier alpha value is -2.20. The number of nitrogens with zero attached hydrogens (tertiary/aromatic N) is 1. The largest absolute Gasteiger partial charge is 0.399 e. The van der Waals surface area contributed by atoms with Crippen LogP contribution in [-0.4, -0.2) is 4.98 Å². The maximum atomic E-state index is 12.9. The van der Waals surface area contributed by atoms with Gasteiger partial charge in [-0.05, 0) is 36.4 Å². The molecule has 0 bridgehead atoms. The van der Waals surface area contributed by atoms with Crippen LogP contribution in [-0.2, 0) is 0 Å². The quantitative estimate of drug-likeness (QED) is 0.709. The molecule has 3 rings (SSSR count). The summed E-state index contributed by atoms with van der Waals surface area (Å²) in [5.41, 5.74) is 9.28. The van der Waals surface area contributed by atoms with Gasteiger partial charge in [-0.1, -0.05) is 12.1 Å². The van der Waals surface area contributed by atoms with Gasteiger partial charge in [0.2, 0.25) is 0 Å². The smallest absolute Gasteiger partial charge is 0.124 e. The van der Waals surface area contributed by atoms with Gasteiger partial charge in [-0.2, -0.15) is 0 Å². The first-order valence-corrected chi connectivity index (χ1v) is 6.68. The van der Waals surface area contributed by atoms with Crippen molar-refractivity contribution in [2.24, 2.45) is 0 Å². The van der Waals surface area contributed by atoms with Crippen molar-refractivity contribution >= 4 is 17.0 Å². The molecule has 0 aliphatic rings. The zero-order valence-electron chi connectivity index (χ0n) is 10.0. The van der Waals surface area contributed by atoms with E-state index in [1.54, 1.807) is 12.1 Å². The number of hydrogen-bond donors (Lipinski definition) is 1. The number of hydrogen-bond acceptors (Lipinski definition) is 3. The maximum absolute atomic E-state index is 12.9. The predicted octanol–water partition coefficient (Wildman–Crippen LogP) is 4.20. The van der Waals surface area contributed by atoms with Crippen LogP contribution < -0.4 is 5.73 Å². The molecule has 2 nitrogen and oxygen atoms in total. The van der Waals surface area contributed by atoms with Gasteiger partial charge in [0.1, 0.15) is 10.8 Å². The van der Waals surface area contributed by atoms with E-state index in [1.165, 1.54) is 23.5 Å². The Balaban J connectivity index is 1.97. The van der Waals surface area contributed by atoms with Crippen LogP contribution >= 0.6 is 11.3 Å². The Morgan fingerprint density at radius 2 is 1.79 bits per heavy atom. The second-order valence-electron chi connectivity index (χ2n) is 4.17. The van der Waals surface area contributed by atoms with Crippen LogP contribution in [0.5, 0.6) is 0 Å². The standard InChI is InChI=1S/C15H11FN2S/c16-12-6-4-10(5-7-12)15-18-14(9-19-15)11-2-1-3-13(17)8-11/h1-9H,17H2. The summed E-state index contributed by atoms with van der Waals surface area (Å²) in [7, 11) is 0. The third-order valence-electron chi connectivity index (χ3n) is 2.78. The molecule has 0 aliphatic carbocycles. The molecule has 94 valence electrons. The predicted molar refractivity (Wildman–Crippen MR) is 77.4 cm³/mol. The lowest BCUT2D eigenvalue weighted by Crippen LogP contribution is -1.85. The number of nitrogen functional groups attached to an aromatic ring is 1. The number of halogens is 1. The van der Waals surface area contributed by atoms with E-state index < -0.39 is 0 Å². The molecule has 0 fully saturated rings. The van der Waals surface area contributed by atoms with E-state index in [4.69, 9.17) is 5.73 Å². The van der Waals surface area contributed by atoms with Crippen molar-refractivity contribution < 1.29 is 4.39 Å². The topological polar surface area (TPSA) is 38.9 Å². The summed E-state index contributed by atoms with van der Waals surface area (Å²) < 4.78 is 12.9. The third kappa shape index (κ3) is 2.48. The Labute approximate surface area is 114 Å². The number of anilines is 1. The molecule has 2 aromatic carbocycles. The molecule has 1 heterocycles. The summed E-state index contributed by atoms with van der Waals surface area (Å²) in [4.78, 5) is 4.56. The summed E-state index contributed by atoms with van der Waals surface area (Å²) in [5.74, 6) is -0.239. The van der Waals surface area contributed by atoms with Gasteiger partial charge in [-0.15, -0.1) is 11.3 Å². The summed E-state index contributed by atoms with van der Waals surface area (Å²) in [6.45, 7) is 0. The van der Waals surface area contributed by atoms with Crippen molar-refractivity contribution in [2.75, 3.05) is 5.73 Å². The summed E-state index contributed by atoms with van der Waals surface area (Å²) >= 11 is 1.53. The lowest BCUT2D eigenvalue weighted by molar-refractivity contribution is 0.628. The SMILES string of the molecule is Nc1cccc(-c2csc(-c3ccc(F)cc3)n2)c1. The van der Waals surface area contributed by atoms with Gasteiger partial charge < -0.3 is 5.73 Å². The van der Waals surface area contributed by atoms with Crippen molar-refractivity contribution in [3.63, 3.8) is 0 Å². The minimum atomic E-state index is -0.239. The van der Waals surface area contributed by atoms with Crippen molar-refractivity contribution in [1.82, 2.24) is 4.98 Å². The van der Waals surface area contributed by atoms with Crippen LogP contribution in [0.4, 0.5) is 10.1 Å². The van der Waals surface area contributed by atoms with Crippen LogP contribution in [0.15, 0.2) is 53.9 Å². The van der Waals surface area contributed by atoms with Gasteiger partial charge >= 0.3 is 0 Å². The van der Waals surface area contributed by atoms with E-state index in [0.29, 0.717) is 5.69 Å². The van der Waals surface area contributed by atoms with Crippen LogP contribution in [0.3, 0.4) is 0 Å². The highest BCUT2D eigenvalue weighted by Crippen LogP contribution is 2.29. The first-order chi connectivity index (χ1) is 9.22. The molecule has 1 aromatic heterocycles. The fraction of sp³-hybridized carbons (Fsp3) is 0. The van der Waals surface area contributed by atoms with Gasteiger partial charge in [0.15, 0.2) is 0 Å². The van der Waals surface area contributed by atoms with Crippen molar-refractivity contribution in [1.29, 1.82) is 0 Å². The highest BCUT2D eigenvalue weighted by Gasteiger charge is 2.06. The van der Waals surface area contributed by atoms with E-state index in [2.05, 4.69) is 4.98 Å². The molecule has 19 heavy (non-hydrogen) atoms. The molecule has 0 aliphatic heterocycles. The molecule has 0 saturated heterocycles. The monoisotopic (exact) mass is 270 g/mol. The molecule has 4 heteroatoms. The minimum Gasteiger partial charge on any atom is -0.399 e. The molecule has 0 saturated carbocycles. The lowest BCUT2D eigenvalue weighted by Gasteiger charge is -1.98. The van der Waals surface area contributed by atoms with E-state index in [-0.39, 0.29) is 5.82 Å². The molecule has 2 N–H and O–H groups in total. The Morgan fingerprint density at radius 3 is 2.53 bits per heavy atom. The van der Waals surface area contributed by atoms with Gasteiger partial charge in [-0.25, -0.2) is 9.37 Å². The summed E-state index contributed by atoms with van der Waals surface area (Å²) in [6.07, 6.45) is 0. The van der Waals surface area contributed by atoms with Gasteiger partial charge in [-0.3, -0.25) is 0 Å². The van der Waals surface area contributed by atoms with E-state index in [9.17, 15) is 4.39 Å².